The molecule has 0 amide bonds. The first-order valence-corrected chi connectivity index (χ1v) is 7.80. The monoisotopic (exact) mass is 338 g/mol. The maximum Gasteiger partial charge on any atom is 0.0991 e. The molecular weight excluding hydrogens is 324 g/mol. The van der Waals surface area contributed by atoms with Crippen LogP contribution in [-0.2, 0) is 5.41 Å². The van der Waals surface area contributed by atoms with Gasteiger partial charge in [0.25, 0.3) is 0 Å². The summed E-state index contributed by atoms with van der Waals surface area (Å²) < 4.78 is 3.19. The van der Waals surface area contributed by atoms with E-state index < -0.39 is 0 Å². The summed E-state index contributed by atoms with van der Waals surface area (Å²) in [6.45, 7) is 4.59. The van der Waals surface area contributed by atoms with E-state index in [-0.39, 0.29) is 5.41 Å². The fourth-order valence-electron chi connectivity index (χ4n) is 3.27. The van der Waals surface area contributed by atoms with Gasteiger partial charge in [-0.1, -0.05) is 41.9 Å². The Bertz CT molecular complexity index is 832. The molecule has 0 aliphatic heterocycles. The Morgan fingerprint density at radius 2 is 1.71 bits per heavy atom. The van der Waals surface area contributed by atoms with Gasteiger partial charge in [-0.05, 0) is 46.5 Å². The third-order valence-electron chi connectivity index (χ3n) is 4.42. The maximum atomic E-state index is 4.14. The van der Waals surface area contributed by atoms with Gasteiger partial charge in [-0.15, -0.1) is 0 Å². The van der Waals surface area contributed by atoms with Gasteiger partial charge in [0.05, 0.1) is 6.33 Å². The lowest BCUT2D eigenvalue weighted by Crippen LogP contribution is -2.15. The van der Waals surface area contributed by atoms with Crippen LogP contribution in [0.1, 0.15) is 25.0 Å². The summed E-state index contributed by atoms with van der Waals surface area (Å²) in [5.74, 6) is 0. The molecule has 1 heterocycles. The van der Waals surface area contributed by atoms with Crippen LogP contribution in [0.4, 0.5) is 0 Å². The van der Waals surface area contributed by atoms with E-state index in [4.69, 9.17) is 0 Å². The van der Waals surface area contributed by atoms with E-state index >= 15 is 0 Å². The summed E-state index contributed by atoms with van der Waals surface area (Å²) >= 11 is 3.59. The van der Waals surface area contributed by atoms with Crippen molar-refractivity contribution >= 4 is 15.9 Å². The van der Waals surface area contributed by atoms with Crippen LogP contribution in [0.3, 0.4) is 0 Å². The molecule has 0 fully saturated rings. The number of hydrogen-bond acceptors (Lipinski definition) is 1. The predicted molar refractivity (Wildman–Crippen MR) is 88.8 cm³/mol. The fraction of sp³-hybridized carbons (Fsp3) is 0.167. The summed E-state index contributed by atoms with van der Waals surface area (Å²) in [7, 11) is 0. The van der Waals surface area contributed by atoms with Crippen molar-refractivity contribution in [1.29, 1.82) is 0 Å². The quantitative estimate of drug-likeness (QED) is 0.614. The van der Waals surface area contributed by atoms with E-state index in [0.29, 0.717) is 0 Å². The molecule has 1 aliphatic rings. The molecule has 3 aromatic rings. The van der Waals surface area contributed by atoms with Crippen LogP contribution >= 0.6 is 15.9 Å². The Kier molecular flexibility index (Phi) is 2.64. The number of nitrogens with zero attached hydrogens (tertiary/aromatic N) is 2. The summed E-state index contributed by atoms with van der Waals surface area (Å²) in [4.78, 5) is 4.14. The molecular formula is C18H15BrN2. The standard InChI is InChI=1S/C18H15BrN2/c1-18(2)16-9-12(19)3-5-14(16)15-6-4-13(10-17(15)18)21-8-7-20-11-21/h3-11H,1-2H3. The van der Waals surface area contributed by atoms with Crippen molar-refractivity contribution in [2.45, 2.75) is 19.3 Å². The molecule has 0 N–H and O–H groups in total. The Morgan fingerprint density at radius 3 is 2.43 bits per heavy atom. The van der Waals surface area contributed by atoms with Crippen molar-refractivity contribution in [3.05, 3.63) is 70.7 Å². The zero-order chi connectivity index (χ0) is 14.6. The molecule has 1 aliphatic carbocycles. The van der Waals surface area contributed by atoms with Crippen LogP contribution < -0.4 is 0 Å². The normalized spacial score (nSPS) is 14.8. The first-order valence-electron chi connectivity index (χ1n) is 7.00. The summed E-state index contributed by atoms with van der Waals surface area (Å²) in [5, 5.41) is 0. The molecule has 1 aromatic heterocycles. The van der Waals surface area contributed by atoms with Gasteiger partial charge in [0.15, 0.2) is 0 Å². The number of imidazole rings is 1. The van der Waals surface area contributed by atoms with Gasteiger partial charge in [0.2, 0.25) is 0 Å². The maximum absolute atomic E-state index is 4.14. The van der Waals surface area contributed by atoms with Crippen LogP contribution in [0.25, 0.3) is 16.8 Å². The SMILES string of the molecule is CC1(C)c2cc(Br)ccc2-c2ccc(-n3ccnc3)cc21. The number of aromatic nitrogens is 2. The molecule has 0 saturated carbocycles. The zero-order valence-corrected chi connectivity index (χ0v) is 13.6. The summed E-state index contributed by atoms with van der Waals surface area (Å²) in [6, 6.07) is 13.2. The van der Waals surface area contributed by atoms with Gasteiger partial charge < -0.3 is 4.57 Å². The topological polar surface area (TPSA) is 17.8 Å². The third kappa shape index (κ3) is 1.80. The molecule has 2 aromatic carbocycles. The van der Waals surface area contributed by atoms with E-state index in [1.165, 1.54) is 22.3 Å². The largest absolute Gasteiger partial charge is 0.306 e. The fourth-order valence-corrected chi connectivity index (χ4v) is 3.63. The molecule has 0 spiro atoms. The van der Waals surface area contributed by atoms with Crippen molar-refractivity contribution < 1.29 is 0 Å². The van der Waals surface area contributed by atoms with E-state index in [2.05, 4.69) is 75.7 Å². The lowest BCUT2D eigenvalue weighted by Gasteiger charge is -2.22. The Hall–Kier alpha value is -1.87. The number of hydrogen-bond donors (Lipinski definition) is 0. The minimum Gasteiger partial charge on any atom is -0.306 e. The van der Waals surface area contributed by atoms with Crippen molar-refractivity contribution in [3.63, 3.8) is 0 Å². The molecule has 0 atom stereocenters. The highest BCUT2D eigenvalue weighted by molar-refractivity contribution is 9.10. The smallest absolute Gasteiger partial charge is 0.0991 e. The number of halogens is 1. The van der Waals surface area contributed by atoms with Gasteiger partial charge in [0.1, 0.15) is 0 Å². The molecule has 0 unspecified atom stereocenters. The van der Waals surface area contributed by atoms with Gasteiger partial charge in [0, 0.05) is 28.0 Å². The van der Waals surface area contributed by atoms with Crippen molar-refractivity contribution in [2.24, 2.45) is 0 Å². The molecule has 21 heavy (non-hydrogen) atoms. The van der Waals surface area contributed by atoms with Crippen molar-refractivity contribution in [2.75, 3.05) is 0 Å². The van der Waals surface area contributed by atoms with E-state index in [1.54, 1.807) is 0 Å². The van der Waals surface area contributed by atoms with Gasteiger partial charge >= 0.3 is 0 Å². The van der Waals surface area contributed by atoms with Crippen LogP contribution in [0.15, 0.2) is 59.6 Å². The molecule has 104 valence electrons. The zero-order valence-electron chi connectivity index (χ0n) is 12.0. The minimum absolute atomic E-state index is 0.0189. The number of fused-ring (bicyclic) bond motifs is 3. The molecule has 2 nitrogen and oxygen atoms in total. The van der Waals surface area contributed by atoms with Crippen molar-refractivity contribution in [1.82, 2.24) is 9.55 Å². The Labute approximate surface area is 132 Å². The van der Waals surface area contributed by atoms with Crippen LogP contribution in [0.2, 0.25) is 0 Å². The van der Waals surface area contributed by atoms with Gasteiger partial charge in [-0.25, -0.2) is 4.98 Å². The Morgan fingerprint density at radius 1 is 1.00 bits per heavy atom. The summed E-state index contributed by atoms with van der Waals surface area (Å²) in [6.07, 6.45) is 5.63. The van der Waals surface area contributed by atoms with Crippen LogP contribution in [0.5, 0.6) is 0 Å². The molecule has 3 heteroatoms. The van der Waals surface area contributed by atoms with Gasteiger partial charge in [-0.3, -0.25) is 0 Å². The number of benzene rings is 2. The highest BCUT2D eigenvalue weighted by Crippen LogP contribution is 2.49. The average Bonchev–Trinajstić information content (AvgIpc) is 3.06. The Balaban J connectivity index is 1.96. The van der Waals surface area contributed by atoms with E-state index in [9.17, 15) is 0 Å². The second kappa shape index (κ2) is 4.31. The van der Waals surface area contributed by atoms with E-state index in [0.717, 1.165) is 10.2 Å². The highest BCUT2D eigenvalue weighted by Gasteiger charge is 2.35. The lowest BCUT2D eigenvalue weighted by molar-refractivity contribution is 0.659. The van der Waals surface area contributed by atoms with Gasteiger partial charge in [-0.2, -0.15) is 0 Å². The van der Waals surface area contributed by atoms with E-state index in [1.807, 2.05) is 18.7 Å². The molecule has 4 rings (SSSR count). The van der Waals surface area contributed by atoms with Crippen LogP contribution in [-0.4, -0.2) is 9.55 Å². The predicted octanol–water partition coefficient (Wildman–Crippen LogP) is 4.94. The highest BCUT2D eigenvalue weighted by atomic mass is 79.9. The summed E-state index contributed by atoms with van der Waals surface area (Å²) in [5.41, 5.74) is 6.62. The first kappa shape index (κ1) is 12.8. The second-order valence-corrected chi connectivity index (χ2v) is 6.93. The minimum atomic E-state index is 0.0189. The lowest BCUT2D eigenvalue weighted by atomic mass is 9.82. The molecule has 0 bridgehead atoms. The van der Waals surface area contributed by atoms with Crippen LogP contribution in [0, 0.1) is 0 Å². The second-order valence-electron chi connectivity index (χ2n) is 6.01. The molecule has 0 radical (unpaired) electrons. The molecule has 0 saturated heterocycles. The first-order chi connectivity index (χ1) is 10.1. The van der Waals surface area contributed by atoms with Crippen molar-refractivity contribution in [3.8, 4) is 16.8 Å². The average molecular weight is 339 g/mol. The third-order valence-corrected chi connectivity index (χ3v) is 4.92. The number of rotatable bonds is 1.